The number of thiocarbonyl (C=S) groups is 1. The van der Waals surface area contributed by atoms with Crippen LogP contribution in [0.25, 0.3) is 6.08 Å². The van der Waals surface area contributed by atoms with Gasteiger partial charge >= 0.3 is 5.97 Å². The van der Waals surface area contributed by atoms with Gasteiger partial charge in [-0.1, -0.05) is 54.3 Å². The lowest BCUT2D eigenvalue weighted by atomic mass is 10.1. The number of carbonyl (C=O) groups is 3. The van der Waals surface area contributed by atoms with Crippen molar-refractivity contribution in [1.29, 1.82) is 0 Å². The van der Waals surface area contributed by atoms with Crippen LogP contribution >= 0.6 is 39.9 Å². The average molecular weight is 608 g/mol. The number of likely N-dealkylation sites (N-methyl/N-ethyl adjacent to an activating group) is 1. The molecule has 11 heteroatoms. The Morgan fingerprint density at radius 3 is 2.43 bits per heavy atom. The molecule has 2 aromatic carbocycles. The van der Waals surface area contributed by atoms with Crippen LogP contribution in [0.3, 0.4) is 0 Å². The largest absolute Gasteiger partial charge is 0.490 e. The lowest BCUT2D eigenvalue weighted by Gasteiger charge is -2.23. The summed E-state index contributed by atoms with van der Waals surface area (Å²) in [4.78, 5) is 40.8. The van der Waals surface area contributed by atoms with Gasteiger partial charge in [0.15, 0.2) is 24.1 Å². The first-order valence-corrected chi connectivity index (χ1v) is 13.6. The number of carboxylic acids is 1. The molecule has 3 rings (SSSR count). The molecule has 0 bridgehead atoms. The minimum atomic E-state index is -1.23. The van der Waals surface area contributed by atoms with Crippen molar-refractivity contribution in [2.24, 2.45) is 0 Å². The van der Waals surface area contributed by atoms with Crippen molar-refractivity contribution in [3.05, 3.63) is 63.0 Å². The van der Waals surface area contributed by atoms with Gasteiger partial charge < -0.3 is 19.5 Å². The molecule has 1 aliphatic heterocycles. The highest BCUT2D eigenvalue weighted by Crippen LogP contribution is 2.41. The summed E-state index contributed by atoms with van der Waals surface area (Å²) in [5.74, 6) is -1.03. The van der Waals surface area contributed by atoms with Crippen LogP contribution in [0.4, 0.5) is 0 Å². The maximum Gasteiger partial charge on any atom is 0.331 e. The number of rotatable bonds is 11. The normalized spacial score (nSPS) is 15.1. The summed E-state index contributed by atoms with van der Waals surface area (Å²) in [6.07, 6.45) is 1.63. The van der Waals surface area contributed by atoms with E-state index in [9.17, 15) is 19.5 Å². The molecule has 1 saturated heterocycles. The second kappa shape index (κ2) is 13.1. The number of hydrogen-bond donors (Lipinski definition) is 1. The van der Waals surface area contributed by atoms with Gasteiger partial charge in [-0.15, -0.1) is 0 Å². The summed E-state index contributed by atoms with van der Waals surface area (Å²) in [6, 6.07) is 10.7. The van der Waals surface area contributed by atoms with Gasteiger partial charge in [-0.25, -0.2) is 4.79 Å². The van der Waals surface area contributed by atoms with Crippen LogP contribution in [0, 0.1) is 0 Å². The Morgan fingerprint density at radius 2 is 1.84 bits per heavy atom. The minimum absolute atomic E-state index is 0.140. The standard InChI is InChI=1S/C26H27BrN2O6S2/c1-4-28(5-2)21(30)15-35-23-18(27)12-16(13-19(23)34-6-3)14-20-24(31)29(26(36)37-20)22(25(32)33)17-10-8-7-9-11-17/h7-14,22H,4-6,15H2,1-3H3,(H,32,33)/b20-14+. The molecular formula is C26H27BrN2O6S2. The number of halogens is 1. The highest BCUT2D eigenvalue weighted by Gasteiger charge is 2.41. The maximum atomic E-state index is 13.3. The topological polar surface area (TPSA) is 96.4 Å². The molecule has 8 nitrogen and oxygen atoms in total. The lowest BCUT2D eigenvalue weighted by molar-refractivity contribution is -0.145. The van der Waals surface area contributed by atoms with Crippen LogP contribution in [0.1, 0.15) is 37.9 Å². The monoisotopic (exact) mass is 606 g/mol. The molecule has 0 spiro atoms. The molecule has 196 valence electrons. The molecule has 1 unspecified atom stereocenters. The Morgan fingerprint density at radius 1 is 1.16 bits per heavy atom. The summed E-state index contributed by atoms with van der Waals surface area (Å²) in [6.45, 7) is 7.01. The Kier molecular flexibility index (Phi) is 10.1. The van der Waals surface area contributed by atoms with Crippen molar-refractivity contribution in [1.82, 2.24) is 9.80 Å². The highest BCUT2D eigenvalue weighted by atomic mass is 79.9. The Hall–Kier alpha value is -2.89. The summed E-state index contributed by atoms with van der Waals surface area (Å²) in [7, 11) is 0. The smallest absolute Gasteiger partial charge is 0.331 e. The van der Waals surface area contributed by atoms with Gasteiger partial charge in [0, 0.05) is 13.1 Å². The first kappa shape index (κ1) is 28.7. The molecule has 1 N–H and O–H groups in total. The molecule has 37 heavy (non-hydrogen) atoms. The van der Waals surface area contributed by atoms with Gasteiger partial charge in [-0.2, -0.15) is 0 Å². The summed E-state index contributed by atoms with van der Waals surface area (Å²) >= 11 is 9.92. The number of hydrogen-bond acceptors (Lipinski definition) is 7. The number of aliphatic carboxylic acids is 1. The van der Waals surface area contributed by atoms with Crippen LogP contribution in [0.2, 0.25) is 0 Å². The van der Waals surface area contributed by atoms with E-state index < -0.39 is 17.9 Å². The Balaban J connectivity index is 1.89. The van der Waals surface area contributed by atoms with Gasteiger partial charge in [-0.3, -0.25) is 14.5 Å². The van der Waals surface area contributed by atoms with Gasteiger partial charge in [0.2, 0.25) is 0 Å². The Labute approximate surface area is 233 Å². The molecule has 1 atom stereocenters. The molecule has 1 heterocycles. The van der Waals surface area contributed by atoms with E-state index in [2.05, 4.69) is 15.9 Å². The summed E-state index contributed by atoms with van der Waals surface area (Å²) in [5, 5.41) is 9.87. The van der Waals surface area contributed by atoms with Gasteiger partial charge in [0.05, 0.1) is 16.0 Å². The van der Waals surface area contributed by atoms with E-state index in [4.69, 9.17) is 21.7 Å². The van der Waals surface area contributed by atoms with Crippen LogP contribution in [-0.4, -0.2) is 63.3 Å². The van der Waals surface area contributed by atoms with E-state index in [0.717, 1.165) is 16.7 Å². The van der Waals surface area contributed by atoms with Crippen molar-refractivity contribution >= 4 is 68.1 Å². The predicted octanol–water partition coefficient (Wildman–Crippen LogP) is 5.12. The van der Waals surface area contributed by atoms with E-state index in [1.54, 1.807) is 53.4 Å². The molecule has 1 aliphatic rings. The van der Waals surface area contributed by atoms with Gasteiger partial charge in [-0.05, 0) is 66.0 Å². The highest BCUT2D eigenvalue weighted by molar-refractivity contribution is 9.10. The first-order valence-electron chi connectivity index (χ1n) is 11.6. The van der Waals surface area contributed by atoms with Gasteiger partial charge in [0.25, 0.3) is 11.8 Å². The SMILES string of the molecule is CCOc1cc(/C=C2/SC(=S)N(C(C(=O)O)c3ccccc3)C2=O)cc(Br)c1OCC(=O)N(CC)CC. The van der Waals surface area contributed by atoms with Crippen LogP contribution in [-0.2, 0) is 14.4 Å². The van der Waals surface area contributed by atoms with Crippen molar-refractivity contribution in [2.45, 2.75) is 26.8 Å². The fourth-order valence-electron chi connectivity index (χ4n) is 3.77. The fraction of sp³-hybridized carbons (Fsp3) is 0.308. The van der Waals surface area contributed by atoms with E-state index in [-0.39, 0.29) is 21.7 Å². The van der Waals surface area contributed by atoms with Crippen molar-refractivity contribution in [3.63, 3.8) is 0 Å². The number of thioether (sulfide) groups is 1. The zero-order chi connectivity index (χ0) is 27.1. The number of ether oxygens (including phenoxy) is 2. The second-order valence-corrected chi connectivity index (χ2v) is 10.4. The van der Waals surface area contributed by atoms with E-state index >= 15 is 0 Å². The first-order chi connectivity index (χ1) is 17.7. The van der Waals surface area contributed by atoms with E-state index in [0.29, 0.717) is 46.8 Å². The zero-order valence-corrected chi connectivity index (χ0v) is 23.8. The third-order valence-electron chi connectivity index (χ3n) is 5.52. The van der Waals surface area contributed by atoms with Crippen molar-refractivity contribution < 1.29 is 29.0 Å². The third-order valence-corrected chi connectivity index (χ3v) is 7.44. The molecule has 1 fully saturated rings. The van der Waals surface area contributed by atoms with Gasteiger partial charge in [0.1, 0.15) is 4.32 Å². The fourth-order valence-corrected chi connectivity index (χ4v) is 5.65. The van der Waals surface area contributed by atoms with Crippen molar-refractivity contribution in [2.75, 3.05) is 26.3 Å². The van der Waals surface area contributed by atoms with Crippen LogP contribution < -0.4 is 9.47 Å². The maximum absolute atomic E-state index is 13.3. The summed E-state index contributed by atoms with van der Waals surface area (Å²) in [5.41, 5.74) is 1.07. The molecule has 0 aliphatic carbocycles. The lowest BCUT2D eigenvalue weighted by Crippen LogP contribution is -2.37. The summed E-state index contributed by atoms with van der Waals surface area (Å²) < 4.78 is 12.3. The number of carbonyl (C=O) groups excluding carboxylic acids is 2. The minimum Gasteiger partial charge on any atom is -0.490 e. The molecule has 0 saturated carbocycles. The number of amides is 2. The quantitative estimate of drug-likeness (QED) is 0.278. The van der Waals surface area contributed by atoms with Crippen LogP contribution in [0.15, 0.2) is 51.8 Å². The molecule has 2 aromatic rings. The molecule has 0 radical (unpaired) electrons. The Bertz CT molecular complexity index is 1220. The number of carboxylic acid groups (broad SMARTS) is 1. The average Bonchev–Trinajstić information content (AvgIpc) is 3.13. The van der Waals surface area contributed by atoms with Crippen LogP contribution in [0.5, 0.6) is 11.5 Å². The van der Waals surface area contributed by atoms with E-state index in [1.165, 1.54) is 0 Å². The molecule has 2 amide bonds. The zero-order valence-electron chi connectivity index (χ0n) is 20.6. The second-order valence-electron chi connectivity index (χ2n) is 7.82. The third kappa shape index (κ3) is 6.71. The number of nitrogens with zero attached hydrogens (tertiary/aromatic N) is 2. The van der Waals surface area contributed by atoms with Crippen molar-refractivity contribution in [3.8, 4) is 11.5 Å². The predicted molar refractivity (Wildman–Crippen MR) is 151 cm³/mol. The molecule has 0 aromatic heterocycles. The number of benzene rings is 2. The van der Waals surface area contributed by atoms with E-state index in [1.807, 2.05) is 20.8 Å². The molecular weight excluding hydrogens is 580 g/mol.